The topological polar surface area (TPSA) is 54.2 Å². The second-order valence-electron chi connectivity index (χ2n) is 6.89. The van der Waals surface area contributed by atoms with Crippen LogP contribution in [0.3, 0.4) is 0 Å². The summed E-state index contributed by atoms with van der Waals surface area (Å²) in [5.41, 5.74) is 1.61. The molecule has 2 aliphatic rings. The Kier molecular flexibility index (Phi) is 4.65. The smallest absolute Gasteiger partial charge is 0.251 e. The summed E-state index contributed by atoms with van der Waals surface area (Å²) in [6.07, 6.45) is 6.03. The van der Waals surface area contributed by atoms with Crippen LogP contribution in [-0.2, 0) is 6.54 Å². The molecule has 0 bridgehead atoms. The summed E-state index contributed by atoms with van der Waals surface area (Å²) in [5.74, 6) is 1.69. The maximum atomic E-state index is 12.2. The summed E-state index contributed by atoms with van der Waals surface area (Å²) in [6.45, 7) is 3.56. The minimum Gasteiger partial charge on any atom is -0.492 e. The minimum atomic E-state index is -0.102. The summed E-state index contributed by atoms with van der Waals surface area (Å²) >= 11 is 0. The summed E-state index contributed by atoms with van der Waals surface area (Å²) < 4.78 is 6.03. The number of carbonyl (C=O) groups is 1. The first-order chi connectivity index (χ1) is 12.3. The zero-order valence-electron chi connectivity index (χ0n) is 14.2. The number of amides is 1. The molecule has 2 unspecified atom stereocenters. The monoisotopic (exact) mass is 337 g/mol. The van der Waals surface area contributed by atoms with Crippen LogP contribution in [0.25, 0.3) is 0 Å². The highest BCUT2D eigenvalue weighted by molar-refractivity contribution is 5.93. The van der Waals surface area contributed by atoms with E-state index in [2.05, 4.69) is 15.2 Å². The highest BCUT2D eigenvalue weighted by Crippen LogP contribution is 2.33. The average Bonchev–Trinajstić information content (AvgIpc) is 3.58. The first kappa shape index (κ1) is 16.1. The van der Waals surface area contributed by atoms with E-state index in [1.165, 1.54) is 19.4 Å². The van der Waals surface area contributed by atoms with Crippen LogP contribution in [0, 0.1) is 5.92 Å². The predicted octanol–water partition coefficient (Wildman–Crippen LogP) is 2.48. The number of aromatic nitrogens is 1. The number of para-hydroxylation sites is 1. The van der Waals surface area contributed by atoms with E-state index in [1.807, 2.05) is 24.3 Å². The van der Waals surface area contributed by atoms with Gasteiger partial charge in [0.2, 0.25) is 0 Å². The van der Waals surface area contributed by atoms with Gasteiger partial charge in [-0.05, 0) is 37.0 Å². The van der Waals surface area contributed by atoms with Gasteiger partial charge in [-0.25, -0.2) is 0 Å². The third-order valence-corrected chi connectivity index (χ3v) is 4.80. The molecule has 1 saturated carbocycles. The molecule has 4 rings (SSSR count). The van der Waals surface area contributed by atoms with Crippen LogP contribution in [0.4, 0.5) is 0 Å². The van der Waals surface area contributed by atoms with Gasteiger partial charge in [0.25, 0.3) is 5.91 Å². The maximum absolute atomic E-state index is 12.2. The van der Waals surface area contributed by atoms with E-state index >= 15 is 0 Å². The molecule has 1 aromatic heterocycles. The van der Waals surface area contributed by atoms with Crippen molar-refractivity contribution in [2.45, 2.75) is 25.4 Å². The summed E-state index contributed by atoms with van der Waals surface area (Å²) in [5, 5.41) is 2.94. The Labute approximate surface area is 148 Å². The van der Waals surface area contributed by atoms with E-state index in [-0.39, 0.29) is 5.91 Å². The molecule has 2 fully saturated rings. The van der Waals surface area contributed by atoms with Crippen molar-refractivity contribution in [2.75, 3.05) is 19.7 Å². The van der Waals surface area contributed by atoms with Crippen molar-refractivity contribution in [2.24, 2.45) is 5.92 Å². The zero-order chi connectivity index (χ0) is 17.1. The molecule has 1 aliphatic carbocycles. The van der Waals surface area contributed by atoms with E-state index in [0.29, 0.717) is 18.2 Å². The molecule has 0 spiro atoms. The molecule has 2 heterocycles. The first-order valence-electron chi connectivity index (χ1n) is 8.92. The van der Waals surface area contributed by atoms with Crippen LogP contribution in [-0.4, -0.2) is 41.5 Å². The molecule has 1 N–H and O–H groups in total. The second-order valence-corrected chi connectivity index (χ2v) is 6.89. The van der Waals surface area contributed by atoms with Gasteiger partial charge in [-0.2, -0.15) is 0 Å². The minimum absolute atomic E-state index is 0.102. The van der Waals surface area contributed by atoms with Gasteiger partial charge in [0, 0.05) is 43.2 Å². The number of hydrogen-bond donors (Lipinski definition) is 1. The Hall–Kier alpha value is -2.40. The van der Waals surface area contributed by atoms with Crippen LogP contribution in [0.2, 0.25) is 0 Å². The van der Waals surface area contributed by atoms with Crippen LogP contribution in [0.1, 0.15) is 28.8 Å². The SMILES string of the molecule is O=C(NCc1ccccc1OCC1CN1CC1CC1)c1ccncc1. The van der Waals surface area contributed by atoms with Crippen LogP contribution in [0.15, 0.2) is 48.8 Å². The molecule has 1 aliphatic heterocycles. The van der Waals surface area contributed by atoms with E-state index in [1.54, 1.807) is 24.5 Å². The summed E-state index contributed by atoms with van der Waals surface area (Å²) in [7, 11) is 0. The third kappa shape index (κ3) is 4.37. The Morgan fingerprint density at radius 1 is 1.20 bits per heavy atom. The Balaban J connectivity index is 1.29. The number of nitrogens with one attached hydrogen (secondary N) is 1. The van der Waals surface area contributed by atoms with Gasteiger partial charge in [-0.3, -0.25) is 14.7 Å². The van der Waals surface area contributed by atoms with Crippen LogP contribution in [0.5, 0.6) is 5.75 Å². The molecular formula is C20H23N3O2. The fraction of sp³-hybridized carbons (Fsp3) is 0.400. The number of pyridine rings is 1. The molecular weight excluding hydrogens is 314 g/mol. The molecule has 2 aromatic rings. The van der Waals surface area contributed by atoms with Gasteiger partial charge in [-0.15, -0.1) is 0 Å². The van der Waals surface area contributed by atoms with Gasteiger partial charge >= 0.3 is 0 Å². The molecule has 1 amide bonds. The predicted molar refractivity (Wildman–Crippen MR) is 95.4 cm³/mol. The van der Waals surface area contributed by atoms with Crippen molar-refractivity contribution in [1.29, 1.82) is 0 Å². The van der Waals surface area contributed by atoms with E-state index < -0.39 is 0 Å². The van der Waals surface area contributed by atoms with Gasteiger partial charge < -0.3 is 10.1 Å². The van der Waals surface area contributed by atoms with Crippen molar-refractivity contribution in [3.05, 3.63) is 59.9 Å². The summed E-state index contributed by atoms with van der Waals surface area (Å²) in [4.78, 5) is 18.6. The molecule has 1 saturated heterocycles. The average molecular weight is 337 g/mol. The largest absolute Gasteiger partial charge is 0.492 e. The van der Waals surface area contributed by atoms with Gasteiger partial charge in [0.1, 0.15) is 12.4 Å². The van der Waals surface area contributed by atoms with Gasteiger partial charge in [0.15, 0.2) is 0 Å². The number of nitrogens with zero attached hydrogens (tertiary/aromatic N) is 2. The van der Waals surface area contributed by atoms with E-state index in [0.717, 1.165) is 30.4 Å². The van der Waals surface area contributed by atoms with Gasteiger partial charge in [-0.1, -0.05) is 18.2 Å². The number of ether oxygens (including phenoxy) is 1. The lowest BCUT2D eigenvalue weighted by Crippen LogP contribution is -2.23. The maximum Gasteiger partial charge on any atom is 0.251 e. The molecule has 130 valence electrons. The molecule has 5 heteroatoms. The standard InChI is InChI=1S/C20H23N3O2/c24-20(16-7-9-21-10-8-16)22-11-17-3-1-2-4-19(17)25-14-18-13-23(18)12-15-5-6-15/h1-4,7-10,15,18H,5-6,11-14H2,(H,22,24). The number of carbonyl (C=O) groups excluding carboxylic acids is 1. The molecule has 0 radical (unpaired) electrons. The van der Waals surface area contributed by atoms with Crippen molar-refractivity contribution < 1.29 is 9.53 Å². The van der Waals surface area contributed by atoms with E-state index in [4.69, 9.17) is 4.74 Å². The fourth-order valence-electron chi connectivity index (χ4n) is 2.99. The Morgan fingerprint density at radius 3 is 2.80 bits per heavy atom. The highest BCUT2D eigenvalue weighted by atomic mass is 16.5. The Bertz CT molecular complexity index is 731. The highest BCUT2D eigenvalue weighted by Gasteiger charge is 2.38. The lowest BCUT2D eigenvalue weighted by Gasteiger charge is -2.12. The lowest BCUT2D eigenvalue weighted by molar-refractivity contribution is 0.0950. The van der Waals surface area contributed by atoms with Crippen molar-refractivity contribution >= 4 is 5.91 Å². The molecule has 2 atom stereocenters. The Morgan fingerprint density at radius 2 is 2.00 bits per heavy atom. The third-order valence-electron chi connectivity index (χ3n) is 4.80. The number of benzene rings is 1. The number of rotatable bonds is 8. The summed E-state index contributed by atoms with van der Waals surface area (Å²) in [6, 6.07) is 11.9. The first-order valence-corrected chi connectivity index (χ1v) is 8.92. The molecule has 25 heavy (non-hydrogen) atoms. The number of hydrogen-bond acceptors (Lipinski definition) is 4. The van der Waals surface area contributed by atoms with Crippen LogP contribution >= 0.6 is 0 Å². The normalized spacial score (nSPS) is 21.6. The van der Waals surface area contributed by atoms with Gasteiger partial charge in [0.05, 0.1) is 6.04 Å². The van der Waals surface area contributed by atoms with Crippen molar-refractivity contribution in [1.82, 2.24) is 15.2 Å². The molecule has 5 nitrogen and oxygen atoms in total. The van der Waals surface area contributed by atoms with Crippen molar-refractivity contribution in [3.63, 3.8) is 0 Å². The van der Waals surface area contributed by atoms with Crippen molar-refractivity contribution in [3.8, 4) is 5.75 Å². The lowest BCUT2D eigenvalue weighted by atomic mass is 10.2. The molecule has 1 aromatic carbocycles. The second kappa shape index (κ2) is 7.23. The van der Waals surface area contributed by atoms with Crippen LogP contribution < -0.4 is 10.1 Å². The quantitative estimate of drug-likeness (QED) is 0.752. The zero-order valence-corrected chi connectivity index (χ0v) is 14.2. The van der Waals surface area contributed by atoms with E-state index in [9.17, 15) is 4.79 Å². The fourth-order valence-corrected chi connectivity index (χ4v) is 2.99.